The van der Waals surface area contributed by atoms with E-state index in [1.165, 1.54) is 16.0 Å². The van der Waals surface area contributed by atoms with Gasteiger partial charge in [0.15, 0.2) is 5.69 Å². The number of aromatic nitrogens is 1. The molecule has 0 atom stereocenters. The standard InChI is InChI=1S/C16H16N2O3S2/c1-2-20-15(19)14-11-21-16(17-14)18(9-12-5-3-7-22-12)10-13-6-4-8-23-13/h3-8,11H,2,9-10H2,1H3. The topological polar surface area (TPSA) is 55.6 Å². The minimum absolute atomic E-state index is 0.198. The van der Waals surface area contributed by atoms with Crippen LogP contribution in [-0.2, 0) is 17.8 Å². The maximum atomic E-state index is 11.8. The lowest BCUT2D eigenvalue weighted by molar-refractivity contribution is 0.0519. The van der Waals surface area contributed by atoms with Gasteiger partial charge < -0.3 is 14.1 Å². The molecule has 0 spiro atoms. The van der Waals surface area contributed by atoms with E-state index in [0.717, 1.165) is 0 Å². The summed E-state index contributed by atoms with van der Waals surface area (Å²) in [5.74, 6) is -0.463. The van der Waals surface area contributed by atoms with Crippen molar-refractivity contribution < 1.29 is 13.9 Å². The number of nitrogens with zero attached hydrogens (tertiary/aromatic N) is 2. The summed E-state index contributed by atoms with van der Waals surface area (Å²) in [5.41, 5.74) is 0.198. The van der Waals surface area contributed by atoms with E-state index in [1.807, 2.05) is 27.8 Å². The zero-order valence-corrected chi connectivity index (χ0v) is 14.2. The van der Waals surface area contributed by atoms with Crippen molar-refractivity contribution in [3.8, 4) is 0 Å². The molecule has 0 aliphatic rings. The Balaban J connectivity index is 1.80. The van der Waals surface area contributed by atoms with Gasteiger partial charge in [-0.05, 0) is 29.8 Å². The van der Waals surface area contributed by atoms with Crippen LogP contribution >= 0.6 is 22.7 Å². The molecule has 0 amide bonds. The lowest BCUT2D eigenvalue weighted by atomic mass is 10.4. The maximum Gasteiger partial charge on any atom is 0.360 e. The second-order valence-electron chi connectivity index (χ2n) is 4.75. The van der Waals surface area contributed by atoms with Crippen molar-refractivity contribution in [3.63, 3.8) is 0 Å². The zero-order valence-electron chi connectivity index (χ0n) is 12.6. The number of rotatable bonds is 7. The molecule has 3 aromatic heterocycles. The third kappa shape index (κ3) is 4.00. The Morgan fingerprint density at radius 1 is 1.22 bits per heavy atom. The first kappa shape index (κ1) is 15.8. The van der Waals surface area contributed by atoms with Crippen molar-refractivity contribution in [2.24, 2.45) is 0 Å². The highest BCUT2D eigenvalue weighted by molar-refractivity contribution is 7.10. The Morgan fingerprint density at radius 2 is 1.87 bits per heavy atom. The van der Waals surface area contributed by atoms with E-state index in [9.17, 15) is 4.79 Å². The van der Waals surface area contributed by atoms with Gasteiger partial charge >= 0.3 is 5.97 Å². The first-order valence-electron chi connectivity index (χ1n) is 7.18. The van der Waals surface area contributed by atoms with Crippen LogP contribution in [0.5, 0.6) is 0 Å². The second-order valence-corrected chi connectivity index (χ2v) is 6.82. The molecule has 5 nitrogen and oxygen atoms in total. The summed E-state index contributed by atoms with van der Waals surface area (Å²) in [7, 11) is 0. The SMILES string of the molecule is CCOC(=O)c1coc(N(Cc2cccs2)Cc2cccs2)n1. The summed E-state index contributed by atoms with van der Waals surface area (Å²) in [6.45, 7) is 3.44. The van der Waals surface area contributed by atoms with E-state index in [0.29, 0.717) is 25.7 Å². The average Bonchev–Trinajstić information content (AvgIpc) is 3.29. The third-order valence-electron chi connectivity index (χ3n) is 3.10. The van der Waals surface area contributed by atoms with Crippen LogP contribution in [0.25, 0.3) is 0 Å². The van der Waals surface area contributed by atoms with Gasteiger partial charge in [0.2, 0.25) is 0 Å². The number of anilines is 1. The summed E-state index contributed by atoms with van der Waals surface area (Å²) >= 11 is 3.36. The van der Waals surface area contributed by atoms with Gasteiger partial charge in [-0.2, -0.15) is 4.98 Å². The van der Waals surface area contributed by atoms with Crippen LogP contribution in [0.2, 0.25) is 0 Å². The molecule has 3 aromatic rings. The molecular weight excluding hydrogens is 332 g/mol. The van der Waals surface area contributed by atoms with E-state index in [2.05, 4.69) is 17.1 Å². The molecule has 7 heteroatoms. The molecule has 0 aliphatic carbocycles. The molecule has 0 aromatic carbocycles. The van der Waals surface area contributed by atoms with Crippen molar-refractivity contribution in [3.05, 3.63) is 56.7 Å². The lowest BCUT2D eigenvalue weighted by Crippen LogP contribution is -2.21. The fourth-order valence-electron chi connectivity index (χ4n) is 2.08. The fraction of sp³-hybridized carbons (Fsp3) is 0.250. The minimum Gasteiger partial charge on any atom is -0.461 e. The first-order valence-corrected chi connectivity index (χ1v) is 8.94. The van der Waals surface area contributed by atoms with Crippen LogP contribution in [-0.4, -0.2) is 17.6 Å². The number of carbonyl (C=O) groups is 1. The van der Waals surface area contributed by atoms with Crippen molar-refractivity contribution in [1.82, 2.24) is 4.98 Å². The Morgan fingerprint density at radius 3 is 2.39 bits per heavy atom. The number of ether oxygens (including phenoxy) is 1. The van der Waals surface area contributed by atoms with Gasteiger partial charge in [0.1, 0.15) is 6.26 Å². The first-order chi connectivity index (χ1) is 11.3. The molecule has 0 saturated carbocycles. The summed E-state index contributed by atoms with van der Waals surface area (Å²) in [6.07, 6.45) is 1.35. The number of oxazole rings is 1. The van der Waals surface area contributed by atoms with E-state index in [-0.39, 0.29) is 5.69 Å². The Bertz CT molecular complexity index is 699. The van der Waals surface area contributed by atoms with E-state index >= 15 is 0 Å². The van der Waals surface area contributed by atoms with Gasteiger partial charge in [-0.15, -0.1) is 22.7 Å². The van der Waals surface area contributed by atoms with Crippen molar-refractivity contribution in [1.29, 1.82) is 0 Å². The Hall–Kier alpha value is -2.12. The number of esters is 1. The molecule has 0 unspecified atom stereocenters. The lowest BCUT2D eigenvalue weighted by Gasteiger charge is -2.18. The molecule has 120 valence electrons. The van der Waals surface area contributed by atoms with E-state index in [1.54, 1.807) is 29.6 Å². The number of thiophene rings is 2. The summed E-state index contributed by atoms with van der Waals surface area (Å²) in [5, 5.41) is 4.08. The van der Waals surface area contributed by atoms with E-state index < -0.39 is 5.97 Å². The number of carbonyl (C=O) groups excluding carboxylic acids is 1. The van der Waals surface area contributed by atoms with Crippen molar-refractivity contribution in [2.75, 3.05) is 11.5 Å². The fourth-order valence-corrected chi connectivity index (χ4v) is 3.52. The van der Waals surface area contributed by atoms with Crippen LogP contribution < -0.4 is 4.90 Å². The summed E-state index contributed by atoms with van der Waals surface area (Å²) in [6, 6.07) is 8.60. The van der Waals surface area contributed by atoms with Crippen LogP contribution in [0.1, 0.15) is 27.2 Å². The van der Waals surface area contributed by atoms with Gasteiger partial charge in [-0.25, -0.2) is 4.79 Å². The highest BCUT2D eigenvalue weighted by Crippen LogP contribution is 2.23. The quantitative estimate of drug-likeness (QED) is 0.600. The molecule has 23 heavy (non-hydrogen) atoms. The number of hydrogen-bond donors (Lipinski definition) is 0. The van der Waals surface area contributed by atoms with Crippen molar-refractivity contribution in [2.45, 2.75) is 20.0 Å². The molecular formula is C16H16N2O3S2. The Labute approximate surface area is 142 Å². The zero-order chi connectivity index (χ0) is 16.1. The van der Waals surface area contributed by atoms with Crippen LogP contribution in [0, 0.1) is 0 Å². The summed E-state index contributed by atoms with van der Waals surface area (Å²) < 4.78 is 10.5. The van der Waals surface area contributed by atoms with E-state index in [4.69, 9.17) is 9.15 Å². The van der Waals surface area contributed by atoms with Crippen LogP contribution in [0.4, 0.5) is 6.01 Å². The van der Waals surface area contributed by atoms with Gasteiger partial charge in [0, 0.05) is 9.75 Å². The normalized spacial score (nSPS) is 10.7. The maximum absolute atomic E-state index is 11.8. The van der Waals surface area contributed by atoms with Gasteiger partial charge in [0.25, 0.3) is 6.01 Å². The molecule has 3 heterocycles. The highest BCUT2D eigenvalue weighted by atomic mass is 32.1. The predicted molar refractivity (Wildman–Crippen MR) is 91.0 cm³/mol. The van der Waals surface area contributed by atoms with Gasteiger partial charge in [-0.1, -0.05) is 12.1 Å². The average molecular weight is 348 g/mol. The van der Waals surface area contributed by atoms with Crippen molar-refractivity contribution >= 4 is 34.7 Å². The largest absolute Gasteiger partial charge is 0.461 e. The molecule has 0 bridgehead atoms. The molecule has 0 N–H and O–H groups in total. The molecule has 0 saturated heterocycles. The molecule has 0 aliphatic heterocycles. The molecule has 0 radical (unpaired) electrons. The van der Waals surface area contributed by atoms with Gasteiger partial charge in [0.05, 0.1) is 19.7 Å². The van der Waals surface area contributed by atoms with Crippen LogP contribution in [0.3, 0.4) is 0 Å². The monoisotopic (exact) mass is 348 g/mol. The second kappa shape index (κ2) is 7.43. The molecule has 0 fully saturated rings. The number of hydrogen-bond acceptors (Lipinski definition) is 7. The molecule has 3 rings (SSSR count). The minimum atomic E-state index is -0.463. The third-order valence-corrected chi connectivity index (χ3v) is 4.82. The van der Waals surface area contributed by atoms with Gasteiger partial charge in [-0.3, -0.25) is 0 Å². The predicted octanol–water partition coefficient (Wildman–Crippen LogP) is 4.18. The Kier molecular flexibility index (Phi) is 5.09. The summed E-state index contributed by atoms with van der Waals surface area (Å²) in [4.78, 5) is 20.5. The van der Waals surface area contributed by atoms with Crippen LogP contribution in [0.15, 0.2) is 45.7 Å². The smallest absolute Gasteiger partial charge is 0.360 e. The highest BCUT2D eigenvalue weighted by Gasteiger charge is 2.19.